The lowest BCUT2D eigenvalue weighted by Gasteiger charge is -2.17. The van der Waals surface area contributed by atoms with E-state index in [0.29, 0.717) is 32.8 Å². The summed E-state index contributed by atoms with van der Waals surface area (Å²) in [6, 6.07) is 9.49. The van der Waals surface area contributed by atoms with E-state index >= 15 is 0 Å². The van der Waals surface area contributed by atoms with Gasteiger partial charge in [0, 0.05) is 40.3 Å². The van der Waals surface area contributed by atoms with Gasteiger partial charge in [0.05, 0.1) is 6.61 Å². The molecule has 0 aliphatic rings. The van der Waals surface area contributed by atoms with Crippen LogP contribution in [0.3, 0.4) is 0 Å². The number of methoxy groups -OCH3 is 1. The Labute approximate surface area is 121 Å². The first-order valence-corrected chi connectivity index (χ1v) is 7.95. The zero-order valence-corrected chi connectivity index (χ0v) is 12.8. The molecule has 0 amide bonds. The molecule has 0 spiro atoms. The second-order valence-electron chi connectivity index (χ2n) is 4.38. The van der Waals surface area contributed by atoms with Crippen molar-refractivity contribution in [2.45, 2.75) is 6.54 Å². The third-order valence-corrected chi connectivity index (χ3v) is 4.25. The predicted molar refractivity (Wildman–Crippen MR) is 79.6 cm³/mol. The molecule has 20 heavy (non-hydrogen) atoms. The molecule has 0 atom stereocenters. The van der Waals surface area contributed by atoms with E-state index in [0.717, 1.165) is 5.56 Å². The van der Waals surface area contributed by atoms with Gasteiger partial charge in [-0.25, -0.2) is 4.72 Å². The molecule has 0 saturated heterocycles. The number of hydrogen-bond acceptors (Lipinski definition) is 4. The molecule has 0 unspecified atom stereocenters. The van der Waals surface area contributed by atoms with E-state index in [-0.39, 0.29) is 0 Å². The minimum Gasteiger partial charge on any atom is -0.383 e. The molecule has 0 heterocycles. The minimum atomic E-state index is -3.44. The number of benzene rings is 1. The van der Waals surface area contributed by atoms with Crippen LogP contribution in [0.4, 0.5) is 0 Å². The third kappa shape index (κ3) is 6.44. The Kier molecular flexibility index (Phi) is 7.71. The summed E-state index contributed by atoms with van der Waals surface area (Å²) in [6.45, 7) is 2.60. The zero-order chi connectivity index (χ0) is 14.8. The highest BCUT2D eigenvalue weighted by Gasteiger charge is 2.16. The van der Waals surface area contributed by atoms with Crippen LogP contribution in [-0.2, 0) is 21.5 Å². The lowest BCUT2D eigenvalue weighted by atomic mass is 10.2. The fourth-order valence-corrected chi connectivity index (χ4v) is 2.50. The zero-order valence-electron chi connectivity index (χ0n) is 12.0. The summed E-state index contributed by atoms with van der Waals surface area (Å²) in [5.41, 5.74) is 0.957. The van der Waals surface area contributed by atoms with Gasteiger partial charge in [0.25, 0.3) is 10.2 Å². The van der Waals surface area contributed by atoms with Gasteiger partial charge in [-0.15, -0.1) is 0 Å². The maximum atomic E-state index is 12.0. The molecular weight excluding hydrogens is 278 g/mol. The Morgan fingerprint density at radius 3 is 2.50 bits per heavy atom. The van der Waals surface area contributed by atoms with E-state index in [4.69, 9.17) is 4.74 Å². The second-order valence-corrected chi connectivity index (χ2v) is 6.25. The van der Waals surface area contributed by atoms with Gasteiger partial charge in [0.15, 0.2) is 0 Å². The van der Waals surface area contributed by atoms with E-state index in [1.807, 2.05) is 30.3 Å². The van der Waals surface area contributed by atoms with Crippen LogP contribution in [0.2, 0.25) is 0 Å². The molecule has 0 fully saturated rings. The van der Waals surface area contributed by atoms with Crippen molar-refractivity contribution in [2.75, 3.05) is 40.4 Å². The Bertz CT molecular complexity index is 465. The van der Waals surface area contributed by atoms with Gasteiger partial charge in [0.1, 0.15) is 0 Å². The number of nitrogens with zero attached hydrogens (tertiary/aromatic N) is 1. The van der Waals surface area contributed by atoms with Crippen molar-refractivity contribution < 1.29 is 13.2 Å². The summed E-state index contributed by atoms with van der Waals surface area (Å²) in [5.74, 6) is 0. The molecule has 0 aromatic heterocycles. The monoisotopic (exact) mass is 301 g/mol. The summed E-state index contributed by atoms with van der Waals surface area (Å²) in [5, 5.41) is 3.08. The number of rotatable bonds is 10. The van der Waals surface area contributed by atoms with Crippen molar-refractivity contribution in [3.05, 3.63) is 35.9 Å². The Balaban J connectivity index is 2.32. The van der Waals surface area contributed by atoms with Gasteiger partial charge in [-0.3, -0.25) is 0 Å². The molecule has 1 aromatic rings. The molecule has 0 saturated carbocycles. The van der Waals surface area contributed by atoms with Crippen molar-refractivity contribution in [2.24, 2.45) is 0 Å². The van der Waals surface area contributed by atoms with E-state index in [9.17, 15) is 8.42 Å². The smallest absolute Gasteiger partial charge is 0.279 e. The summed E-state index contributed by atoms with van der Waals surface area (Å²) < 4.78 is 32.7. The standard InChI is InChI=1S/C13H23N3O3S/c1-16(12-13-6-4-3-5-7-13)20(17,18)15-9-8-14-10-11-19-2/h3-7,14-15H,8-12H2,1-2H3. The quantitative estimate of drug-likeness (QED) is 0.605. The first-order chi connectivity index (χ1) is 9.56. The van der Waals surface area contributed by atoms with Gasteiger partial charge in [-0.2, -0.15) is 12.7 Å². The molecule has 0 radical (unpaired) electrons. The lowest BCUT2D eigenvalue weighted by Crippen LogP contribution is -2.41. The number of ether oxygens (including phenoxy) is 1. The predicted octanol–water partition coefficient (Wildman–Crippen LogP) is 0.189. The third-order valence-electron chi connectivity index (χ3n) is 2.73. The lowest BCUT2D eigenvalue weighted by molar-refractivity contribution is 0.199. The summed E-state index contributed by atoms with van der Waals surface area (Å²) >= 11 is 0. The number of nitrogens with one attached hydrogen (secondary N) is 2. The van der Waals surface area contributed by atoms with Crippen LogP contribution < -0.4 is 10.0 Å². The topological polar surface area (TPSA) is 70.7 Å². The average molecular weight is 301 g/mol. The Morgan fingerprint density at radius 2 is 1.85 bits per heavy atom. The van der Waals surface area contributed by atoms with Crippen LogP contribution in [0.1, 0.15) is 5.56 Å². The van der Waals surface area contributed by atoms with Gasteiger partial charge in [0.2, 0.25) is 0 Å². The maximum Gasteiger partial charge on any atom is 0.279 e. The molecule has 0 aliphatic heterocycles. The van der Waals surface area contributed by atoms with Crippen molar-refractivity contribution in [3.63, 3.8) is 0 Å². The van der Waals surface area contributed by atoms with Gasteiger partial charge in [-0.05, 0) is 5.56 Å². The Morgan fingerprint density at radius 1 is 1.15 bits per heavy atom. The van der Waals surface area contributed by atoms with E-state index in [2.05, 4.69) is 10.0 Å². The first-order valence-electron chi connectivity index (χ1n) is 6.51. The second kappa shape index (κ2) is 9.04. The van der Waals surface area contributed by atoms with E-state index in [1.165, 1.54) is 4.31 Å². The molecular formula is C13H23N3O3S. The highest BCUT2D eigenvalue weighted by molar-refractivity contribution is 7.87. The largest absolute Gasteiger partial charge is 0.383 e. The van der Waals surface area contributed by atoms with E-state index in [1.54, 1.807) is 14.2 Å². The molecule has 1 rings (SSSR count). The van der Waals surface area contributed by atoms with Crippen molar-refractivity contribution in [1.82, 2.24) is 14.3 Å². The van der Waals surface area contributed by atoms with Crippen molar-refractivity contribution in [1.29, 1.82) is 0 Å². The van der Waals surface area contributed by atoms with Crippen molar-refractivity contribution in [3.8, 4) is 0 Å². The fraction of sp³-hybridized carbons (Fsp3) is 0.538. The van der Waals surface area contributed by atoms with Crippen LogP contribution >= 0.6 is 0 Å². The maximum absolute atomic E-state index is 12.0. The molecule has 2 N–H and O–H groups in total. The van der Waals surface area contributed by atoms with Crippen molar-refractivity contribution >= 4 is 10.2 Å². The Hall–Kier alpha value is -0.990. The summed E-state index contributed by atoms with van der Waals surface area (Å²) in [6.07, 6.45) is 0. The van der Waals surface area contributed by atoms with Crippen LogP contribution in [0.25, 0.3) is 0 Å². The van der Waals surface area contributed by atoms with Crippen LogP contribution in [0.5, 0.6) is 0 Å². The summed E-state index contributed by atoms with van der Waals surface area (Å²) in [7, 11) is -0.248. The van der Waals surface area contributed by atoms with Crippen LogP contribution in [0.15, 0.2) is 30.3 Å². The van der Waals surface area contributed by atoms with Gasteiger partial charge < -0.3 is 10.1 Å². The normalized spacial score (nSPS) is 11.9. The van der Waals surface area contributed by atoms with Crippen LogP contribution in [-0.4, -0.2) is 53.1 Å². The molecule has 0 aliphatic carbocycles. The van der Waals surface area contributed by atoms with Crippen LogP contribution in [0, 0.1) is 0 Å². The number of hydrogen-bond donors (Lipinski definition) is 2. The summed E-state index contributed by atoms with van der Waals surface area (Å²) in [4.78, 5) is 0. The SMILES string of the molecule is COCCNCCNS(=O)(=O)N(C)Cc1ccccc1. The fourth-order valence-electron chi connectivity index (χ4n) is 1.60. The highest BCUT2D eigenvalue weighted by Crippen LogP contribution is 2.05. The highest BCUT2D eigenvalue weighted by atomic mass is 32.2. The minimum absolute atomic E-state index is 0.352. The molecule has 7 heteroatoms. The van der Waals surface area contributed by atoms with E-state index < -0.39 is 10.2 Å². The average Bonchev–Trinajstić information content (AvgIpc) is 2.43. The first kappa shape index (κ1) is 17.1. The molecule has 1 aromatic carbocycles. The molecule has 0 bridgehead atoms. The molecule has 6 nitrogen and oxygen atoms in total. The van der Waals surface area contributed by atoms with Gasteiger partial charge in [-0.1, -0.05) is 30.3 Å². The molecule has 114 valence electrons. The van der Waals surface area contributed by atoms with Gasteiger partial charge >= 0.3 is 0 Å².